The fraction of sp³-hybridized carbons (Fsp3) is 0.467. The van der Waals surface area contributed by atoms with Crippen LogP contribution in [0.3, 0.4) is 0 Å². The summed E-state index contributed by atoms with van der Waals surface area (Å²) in [5, 5.41) is 12.1. The van der Waals surface area contributed by atoms with E-state index < -0.39 is 23.6 Å². The number of amides is 1. The van der Waals surface area contributed by atoms with Crippen molar-refractivity contribution in [1.82, 2.24) is 0 Å². The van der Waals surface area contributed by atoms with Gasteiger partial charge >= 0.3 is 12.1 Å². The number of rotatable bonds is 4. The molecule has 0 fully saturated rings. The number of hydrogen-bond acceptors (Lipinski definition) is 3. The SMILES string of the molecule is CC(Cc1cc(Cl)ccc1NC(=O)OC(C)(C)C)C(=O)O. The predicted octanol–water partition coefficient (Wildman–Crippen LogP) is 3.95. The number of carbonyl (C=O) groups is 2. The first kappa shape index (κ1) is 17.3. The summed E-state index contributed by atoms with van der Waals surface area (Å²) < 4.78 is 5.18. The first-order chi connectivity index (χ1) is 9.58. The number of anilines is 1. The van der Waals surface area contributed by atoms with Gasteiger partial charge in [0, 0.05) is 10.7 Å². The van der Waals surface area contributed by atoms with E-state index in [0.717, 1.165) is 0 Å². The Labute approximate surface area is 129 Å². The summed E-state index contributed by atoms with van der Waals surface area (Å²) in [6, 6.07) is 4.91. The van der Waals surface area contributed by atoms with Crippen molar-refractivity contribution in [3.8, 4) is 0 Å². The zero-order valence-electron chi connectivity index (χ0n) is 12.6. The number of carbonyl (C=O) groups excluding carboxylic acids is 1. The van der Waals surface area contributed by atoms with Gasteiger partial charge in [-0.2, -0.15) is 0 Å². The van der Waals surface area contributed by atoms with E-state index in [1.807, 2.05) is 0 Å². The summed E-state index contributed by atoms with van der Waals surface area (Å²) in [5.74, 6) is -1.49. The molecule has 0 aliphatic heterocycles. The molecule has 1 atom stereocenters. The average Bonchev–Trinajstić information content (AvgIpc) is 2.30. The van der Waals surface area contributed by atoms with Crippen LogP contribution in [0.5, 0.6) is 0 Å². The number of ether oxygens (including phenoxy) is 1. The number of halogens is 1. The van der Waals surface area contributed by atoms with Gasteiger partial charge in [0.25, 0.3) is 0 Å². The third-order valence-electron chi connectivity index (χ3n) is 2.65. The van der Waals surface area contributed by atoms with Crippen LogP contribution in [0.4, 0.5) is 10.5 Å². The van der Waals surface area contributed by atoms with E-state index in [0.29, 0.717) is 16.3 Å². The van der Waals surface area contributed by atoms with E-state index in [1.165, 1.54) is 0 Å². The summed E-state index contributed by atoms with van der Waals surface area (Å²) in [6.45, 7) is 6.89. The van der Waals surface area contributed by atoms with Gasteiger partial charge < -0.3 is 9.84 Å². The van der Waals surface area contributed by atoms with Crippen LogP contribution in [0.2, 0.25) is 5.02 Å². The van der Waals surface area contributed by atoms with Crippen LogP contribution in [-0.4, -0.2) is 22.8 Å². The molecule has 116 valence electrons. The van der Waals surface area contributed by atoms with Crippen LogP contribution in [-0.2, 0) is 16.0 Å². The number of benzene rings is 1. The monoisotopic (exact) mass is 313 g/mol. The van der Waals surface area contributed by atoms with Crippen molar-refractivity contribution >= 4 is 29.4 Å². The molecule has 1 unspecified atom stereocenters. The molecule has 0 heterocycles. The maximum Gasteiger partial charge on any atom is 0.412 e. The highest BCUT2D eigenvalue weighted by molar-refractivity contribution is 6.30. The van der Waals surface area contributed by atoms with Crippen molar-refractivity contribution < 1.29 is 19.4 Å². The Balaban J connectivity index is 2.91. The lowest BCUT2D eigenvalue weighted by molar-refractivity contribution is -0.141. The van der Waals surface area contributed by atoms with E-state index >= 15 is 0 Å². The first-order valence-corrected chi connectivity index (χ1v) is 6.97. The highest BCUT2D eigenvalue weighted by Gasteiger charge is 2.19. The van der Waals surface area contributed by atoms with Gasteiger partial charge in [0.1, 0.15) is 5.60 Å². The second-order valence-electron chi connectivity index (χ2n) is 5.87. The minimum Gasteiger partial charge on any atom is -0.481 e. The van der Waals surface area contributed by atoms with E-state index in [4.69, 9.17) is 21.4 Å². The second-order valence-corrected chi connectivity index (χ2v) is 6.31. The molecule has 6 heteroatoms. The minimum atomic E-state index is -0.904. The van der Waals surface area contributed by atoms with Gasteiger partial charge in [-0.15, -0.1) is 0 Å². The van der Waals surface area contributed by atoms with Gasteiger partial charge in [-0.05, 0) is 51.0 Å². The van der Waals surface area contributed by atoms with Crippen LogP contribution >= 0.6 is 11.6 Å². The minimum absolute atomic E-state index is 0.265. The standard InChI is InChI=1S/C15H20ClNO4/c1-9(13(18)19)7-10-8-11(16)5-6-12(10)17-14(20)21-15(2,3)4/h5-6,8-9H,7H2,1-4H3,(H,17,20)(H,18,19). The van der Waals surface area contributed by atoms with Crippen LogP contribution < -0.4 is 5.32 Å². The molecule has 1 aromatic carbocycles. The number of nitrogens with one attached hydrogen (secondary N) is 1. The zero-order chi connectivity index (χ0) is 16.2. The molecule has 0 aliphatic rings. The van der Waals surface area contributed by atoms with E-state index in [-0.39, 0.29) is 6.42 Å². The van der Waals surface area contributed by atoms with Crippen molar-refractivity contribution in [3.05, 3.63) is 28.8 Å². The quantitative estimate of drug-likeness (QED) is 0.882. The molecule has 1 amide bonds. The van der Waals surface area contributed by atoms with E-state index in [1.54, 1.807) is 45.9 Å². The Morgan fingerprint density at radius 2 is 2.00 bits per heavy atom. The molecule has 0 spiro atoms. The van der Waals surface area contributed by atoms with Crippen LogP contribution in [0.15, 0.2) is 18.2 Å². The van der Waals surface area contributed by atoms with Crippen molar-refractivity contribution in [2.45, 2.75) is 39.7 Å². The van der Waals surface area contributed by atoms with Crippen molar-refractivity contribution in [2.75, 3.05) is 5.32 Å². The topological polar surface area (TPSA) is 75.6 Å². The first-order valence-electron chi connectivity index (χ1n) is 6.59. The largest absolute Gasteiger partial charge is 0.481 e. The lowest BCUT2D eigenvalue weighted by atomic mass is 10.00. The fourth-order valence-corrected chi connectivity index (χ4v) is 1.88. The molecular weight excluding hydrogens is 294 g/mol. The molecular formula is C15H20ClNO4. The summed E-state index contributed by atoms with van der Waals surface area (Å²) >= 11 is 5.93. The van der Waals surface area contributed by atoms with Crippen molar-refractivity contribution in [3.63, 3.8) is 0 Å². The third-order valence-corrected chi connectivity index (χ3v) is 2.89. The molecule has 1 aromatic rings. The summed E-state index contributed by atoms with van der Waals surface area (Å²) in [5.41, 5.74) is 0.551. The normalized spacial score (nSPS) is 12.6. The Bertz CT molecular complexity index is 537. The number of aliphatic carboxylic acids is 1. The number of hydrogen-bond donors (Lipinski definition) is 2. The summed E-state index contributed by atoms with van der Waals surface area (Å²) in [7, 11) is 0. The van der Waals surface area contributed by atoms with Gasteiger partial charge in [-0.3, -0.25) is 10.1 Å². The number of carboxylic acid groups (broad SMARTS) is 1. The van der Waals surface area contributed by atoms with E-state index in [2.05, 4.69) is 5.32 Å². The van der Waals surface area contributed by atoms with Gasteiger partial charge in [0.2, 0.25) is 0 Å². The maximum atomic E-state index is 11.8. The molecule has 0 radical (unpaired) electrons. The summed E-state index contributed by atoms with van der Waals surface area (Å²) in [4.78, 5) is 22.8. The highest BCUT2D eigenvalue weighted by Crippen LogP contribution is 2.24. The van der Waals surface area contributed by atoms with Gasteiger partial charge in [0.05, 0.1) is 5.92 Å². The Morgan fingerprint density at radius 1 is 1.38 bits per heavy atom. The van der Waals surface area contributed by atoms with Crippen molar-refractivity contribution in [1.29, 1.82) is 0 Å². The molecule has 1 rings (SSSR count). The molecule has 0 bridgehead atoms. The van der Waals surface area contributed by atoms with Gasteiger partial charge in [0.15, 0.2) is 0 Å². The zero-order valence-corrected chi connectivity index (χ0v) is 13.3. The van der Waals surface area contributed by atoms with E-state index in [9.17, 15) is 9.59 Å². The van der Waals surface area contributed by atoms with Crippen LogP contribution in [0.1, 0.15) is 33.3 Å². The molecule has 5 nitrogen and oxygen atoms in total. The second kappa shape index (κ2) is 6.80. The molecule has 0 aliphatic carbocycles. The fourth-order valence-electron chi connectivity index (χ4n) is 1.68. The third kappa shape index (κ3) is 6.04. The number of carboxylic acids is 1. The predicted molar refractivity (Wildman–Crippen MR) is 81.8 cm³/mol. The smallest absolute Gasteiger partial charge is 0.412 e. The Kier molecular flexibility index (Phi) is 5.61. The molecule has 0 saturated carbocycles. The lowest BCUT2D eigenvalue weighted by Crippen LogP contribution is -2.27. The molecule has 2 N–H and O–H groups in total. The Morgan fingerprint density at radius 3 is 2.52 bits per heavy atom. The molecule has 0 aromatic heterocycles. The van der Waals surface area contributed by atoms with Gasteiger partial charge in [-0.1, -0.05) is 18.5 Å². The van der Waals surface area contributed by atoms with Crippen LogP contribution in [0, 0.1) is 5.92 Å². The lowest BCUT2D eigenvalue weighted by Gasteiger charge is -2.21. The Hall–Kier alpha value is -1.75. The van der Waals surface area contributed by atoms with Crippen molar-refractivity contribution in [2.24, 2.45) is 5.92 Å². The average molecular weight is 314 g/mol. The molecule has 0 saturated heterocycles. The summed E-state index contributed by atoms with van der Waals surface area (Å²) in [6.07, 6.45) is -0.324. The van der Waals surface area contributed by atoms with Gasteiger partial charge in [-0.25, -0.2) is 4.79 Å². The maximum absolute atomic E-state index is 11.8. The van der Waals surface area contributed by atoms with Crippen LogP contribution in [0.25, 0.3) is 0 Å². The highest BCUT2D eigenvalue weighted by atomic mass is 35.5. The molecule has 21 heavy (non-hydrogen) atoms.